The summed E-state index contributed by atoms with van der Waals surface area (Å²) in [6.07, 6.45) is 1.04. The lowest BCUT2D eigenvalue weighted by molar-refractivity contribution is -0.136. The highest BCUT2D eigenvalue weighted by atomic mass is 35.5. The molecule has 0 aliphatic carbocycles. The molecule has 2 aromatic carbocycles. The highest BCUT2D eigenvalue weighted by Crippen LogP contribution is 2.19. The summed E-state index contributed by atoms with van der Waals surface area (Å²) >= 11 is 5.83. The summed E-state index contributed by atoms with van der Waals surface area (Å²) in [5, 5.41) is 6.23. The molecule has 0 fully saturated rings. The number of benzene rings is 2. The SMILES string of the molecule is Cc1cccc(C)c1NC(=O)C(=O)N/N=C\c1c(F)cccc1Cl. The molecule has 124 valence electrons. The van der Waals surface area contributed by atoms with Crippen LogP contribution in [0, 0.1) is 19.7 Å². The maximum absolute atomic E-state index is 13.5. The molecule has 2 N–H and O–H groups in total. The fourth-order valence-electron chi connectivity index (χ4n) is 2.02. The van der Waals surface area contributed by atoms with Crippen molar-refractivity contribution in [1.82, 2.24) is 5.43 Å². The van der Waals surface area contributed by atoms with Gasteiger partial charge in [-0.05, 0) is 37.1 Å². The monoisotopic (exact) mass is 347 g/mol. The van der Waals surface area contributed by atoms with E-state index in [0.717, 1.165) is 17.3 Å². The van der Waals surface area contributed by atoms with Gasteiger partial charge in [-0.1, -0.05) is 35.9 Å². The highest BCUT2D eigenvalue weighted by Gasteiger charge is 2.15. The van der Waals surface area contributed by atoms with Crippen molar-refractivity contribution in [2.75, 3.05) is 5.32 Å². The Hall–Kier alpha value is -2.73. The molecule has 5 nitrogen and oxygen atoms in total. The van der Waals surface area contributed by atoms with Crippen LogP contribution in [0.3, 0.4) is 0 Å². The quantitative estimate of drug-likeness (QED) is 0.508. The van der Waals surface area contributed by atoms with Crippen LogP contribution in [0.1, 0.15) is 16.7 Å². The number of hydrogen-bond donors (Lipinski definition) is 2. The average molecular weight is 348 g/mol. The molecule has 2 rings (SSSR count). The predicted molar refractivity (Wildman–Crippen MR) is 91.7 cm³/mol. The fraction of sp³-hybridized carbons (Fsp3) is 0.118. The van der Waals surface area contributed by atoms with Crippen LogP contribution in [0.5, 0.6) is 0 Å². The van der Waals surface area contributed by atoms with Crippen LogP contribution in [-0.4, -0.2) is 18.0 Å². The van der Waals surface area contributed by atoms with Crippen LogP contribution in [-0.2, 0) is 9.59 Å². The predicted octanol–water partition coefficient (Wildman–Crippen LogP) is 3.18. The molecule has 7 heteroatoms. The van der Waals surface area contributed by atoms with Gasteiger partial charge in [-0.25, -0.2) is 9.82 Å². The maximum atomic E-state index is 13.5. The number of aryl methyl sites for hydroxylation is 2. The molecule has 0 unspecified atom stereocenters. The van der Waals surface area contributed by atoms with Crippen LogP contribution in [0.2, 0.25) is 5.02 Å². The van der Waals surface area contributed by atoms with E-state index in [0.29, 0.717) is 5.69 Å². The fourth-order valence-corrected chi connectivity index (χ4v) is 2.23. The lowest BCUT2D eigenvalue weighted by atomic mass is 10.1. The van der Waals surface area contributed by atoms with Crippen LogP contribution in [0.15, 0.2) is 41.5 Å². The van der Waals surface area contributed by atoms with E-state index in [1.165, 1.54) is 18.2 Å². The Kier molecular flexibility index (Phi) is 5.65. The summed E-state index contributed by atoms with van der Waals surface area (Å²) in [5.41, 5.74) is 4.29. The molecule has 0 saturated carbocycles. The number of carbonyl (C=O) groups is 2. The zero-order chi connectivity index (χ0) is 17.7. The van der Waals surface area contributed by atoms with Gasteiger partial charge in [-0.15, -0.1) is 0 Å². The maximum Gasteiger partial charge on any atom is 0.329 e. The van der Waals surface area contributed by atoms with Crippen molar-refractivity contribution in [2.45, 2.75) is 13.8 Å². The molecule has 2 aromatic rings. The largest absolute Gasteiger partial charge is 0.329 e. The van der Waals surface area contributed by atoms with Gasteiger partial charge in [0.1, 0.15) is 5.82 Å². The molecule has 0 aliphatic heterocycles. The van der Waals surface area contributed by atoms with E-state index >= 15 is 0 Å². The van der Waals surface area contributed by atoms with Crippen molar-refractivity contribution in [1.29, 1.82) is 0 Å². The molecular formula is C17H15ClFN3O2. The summed E-state index contributed by atoms with van der Waals surface area (Å²) in [6, 6.07) is 9.64. The zero-order valence-electron chi connectivity index (χ0n) is 13.1. The van der Waals surface area contributed by atoms with E-state index in [9.17, 15) is 14.0 Å². The first-order chi connectivity index (χ1) is 11.4. The Labute approximate surface area is 143 Å². The Balaban J connectivity index is 2.02. The topological polar surface area (TPSA) is 70.6 Å². The van der Waals surface area contributed by atoms with Gasteiger partial charge < -0.3 is 5.32 Å². The number of para-hydroxylation sites is 1. The summed E-state index contributed by atoms with van der Waals surface area (Å²) in [6.45, 7) is 3.64. The van der Waals surface area contributed by atoms with Crippen LogP contribution in [0.4, 0.5) is 10.1 Å². The molecule has 2 amide bonds. The smallest absolute Gasteiger partial charge is 0.317 e. The molecule has 0 spiro atoms. The van der Waals surface area contributed by atoms with Gasteiger partial charge in [0.2, 0.25) is 0 Å². The molecule has 24 heavy (non-hydrogen) atoms. The molecule has 0 aromatic heterocycles. The Morgan fingerprint density at radius 3 is 2.33 bits per heavy atom. The number of rotatable bonds is 3. The van der Waals surface area contributed by atoms with Crippen molar-refractivity contribution in [2.24, 2.45) is 5.10 Å². The van der Waals surface area contributed by atoms with Crippen molar-refractivity contribution in [3.05, 3.63) is 63.9 Å². The van der Waals surface area contributed by atoms with Gasteiger partial charge >= 0.3 is 11.8 Å². The van der Waals surface area contributed by atoms with Gasteiger partial charge in [0.05, 0.1) is 11.2 Å². The number of nitrogens with zero attached hydrogens (tertiary/aromatic N) is 1. The molecule has 0 heterocycles. The second-order valence-corrected chi connectivity index (χ2v) is 5.46. The summed E-state index contributed by atoms with van der Waals surface area (Å²) in [7, 11) is 0. The molecule has 0 aliphatic rings. The number of halogens is 2. The third-order valence-electron chi connectivity index (χ3n) is 3.29. The van der Waals surface area contributed by atoms with Gasteiger partial charge in [0.15, 0.2) is 0 Å². The van der Waals surface area contributed by atoms with Gasteiger partial charge in [-0.2, -0.15) is 5.10 Å². The number of hydrogen-bond acceptors (Lipinski definition) is 3. The summed E-state index contributed by atoms with van der Waals surface area (Å²) < 4.78 is 13.5. The van der Waals surface area contributed by atoms with Crippen molar-refractivity contribution >= 4 is 35.3 Å². The van der Waals surface area contributed by atoms with E-state index in [4.69, 9.17) is 11.6 Å². The van der Waals surface area contributed by atoms with E-state index in [1.807, 2.05) is 37.5 Å². The Morgan fingerprint density at radius 2 is 1.71 bits per heavy atom. The first-order valence-corrected chi connectivity index (χ1v) is 7.42. The van der Waals surface area contributed by atoms with Crippen LogP contribution in [0.25, 0.3) is 0 Å². The third kappa shape index (κ3) is 4.17. The summed E-state index contributed by atoms with van der Waals surface area (Å²) in [5.74, 6) is -2.42. The average Bonchev–Trinajstić information content (AvgIpc) is 2.53. The number of nitrogens with one attached hydrogen (secondary N) is 2. The number of hydrazone groups is 1. The number of anilines is 1. The van der Waals surface area contributed by atoms with Crippen LogP contribution >= 0.6 is 11.6 Å². The van der Waals surface area contributed by atoms with Crippen molar-refractivity contribution in [3.63, 3.8) is 0 Å². The minimum absolute atomic E-state index is 0.0228. The lowest BCUT2D eigenvalue weighted by Crippen LogP contribution is -2.32. The minimum atomic E-state index is -0.971. The zero-order valence-corrected chi connectivity index (χ0v) is 13.8. The highest BCUT2D eigenvalue weighted by molar-refractivity contribution is 6.39. The van der Waals surface area contributed by atoms with E-state index in [1.54, 1.807) is 0 Å². The van der Waals surface area contributed by atoms with E-state index < -0.39 is 17.6 Å². The van der Waals surface area contributed by atoms with Crippen molar-refractivity contribution in [3.8, 4) is 0 Å². The number of carbonyl (C=O) groups excluding carboxylic acids is 2. The first kappa shape index (κ1) is 17.6. The molecule has 0 saturated heterocycles. The Morgan fingerprint density at radius 1 is 1.08 bits per heavy atom. The van der Waals surface area contributed by atoms with Gasteiger partial charge in [0.25, 0.3) is 0 Å². The van der Waals surface area contributed by atoms with E-state index in [-0.39, 0.29) is 10.6 Å². The second-order valence-electron chi connectivity index (χ2n) is 5.06. The second kappa shape index (κ2) is 7.70. The minimum Gasteiger partial charge on any atom is -0.317 e. The van der Waals surface area contributed by atoms with E-state index in [2.05, 4.69) is 10.4 Å². The van der Waals surface area contributed by atoms with Gasteiger partial charge in [0, 0.05) is 11.3 Å². The summed E-state index contributed by atoms with van der Waals surface area (Å²) in [4.78, 5) is 23.7. The van der Waals surface area contributed by atoms with Gasteiger partial charge in [-0.3, -0.25) is 9.59 Å². The first-order valence-electron chi connectivity index (χ1n) is 7.04. The molecule has 0 bridgehead atoms. The lowest BCUT2D eigenvalue weighted by Gasteiger charge is -2.10. The molecule has 0 atom stereocenters. The molecular weight excluding hydrogens is 333 g/mol. The third-order valence-corrected chi connectivity index (χ3v) is 3.61. The normalized spacial score (nSPS) is 10.7. The number of amides is 2. The Bertz CT molecular complexity index is 781. The molecule has 0 radical (unpaired) electrons. The van der Waals surface area contributed by atoms with Crippen LogP contribution < -0.4 is 10.7 Å². The van der Waals surface area contributed by atoms with Crippen molar-refractivity contribution < 1.29 is 14.0 Å². The standard InChI is InChI=1S/C17H15ClFN3O2/c1-10-5-3-6-11(2)15(10)21-16(23)17(24)22-20-9-12-13(18)7-4-8-14(12)19/h3-9H,1-2H3,(H,21,23)(H,22,24)/b20-9-.